The lowest BCUT2D eigenvalue weighted by molar-refractivity contribution is -0.143. The molecule has 3 saturated heterocycles. The van der Waals surface area contributed by atoms with E-state index in [1.54, 1.807) is 5.01 Å². The van der Waals surface area contributed by atoms with Crippen molar-refractivity contribution in [3.05, 3.63) is 66.2 Å². The zero-order valence-electron chi connectivity index (χ0n) is 17.5. The summed E-state index contributed by atoms with van der Waals surface area (Å²) >= 11 is 0. The molecule has 0 radical (unpaired) electrons. The van der Waals surface area contributed by atoms with Crippen molar-refractivity contribution >= 4 is 17.5 Å². The highest BCUT2D eigenvalue weighted by Crippen LogP contribution is 2.33. The number of amides is 2. The summed E-state index contributed by atoms with van der Waals surface area (Å²) in [5.41, 5.74) is 5.40. The van der Waals surface area contributed by atoms with Crippen molar-refractivity contribution in [2.75, 3.05) is 44.4 Å². The van der Waals surface area contributed by atoms with E-state index >= 15 is 0 Å². The van der Waals surface area contributed by atoms with Gasteiger partial charge in [0, 0.05) is 32.7 Å². The maximum Gasteiger partial charge on any atom is 0.247 e. The molecule has 3 aliphatic heterocycles. The van der Waals surface area contributed by atoms with Gasteiger partial charge in [-0.05, 0) is 17.7 Å². The molecule has 0 aliphatic carbocycles. The Labute approximate surface area is 182 Å². The molecule has 0 saturated carbocycles. The van der Waals surface area contributed by atoms with Gasteiger partial charge in [0.1, 0.15) is 0 Å². The third kappa shape index (κ3) is 4.08. The van der Waals surface area contributed by atoms with Gasteiger partial charge in [0.05, 0.1) is 36.8 Å². The number of anilines is 1. The van der Waals surface area contributed by atoms with Crippen LogP contribution in [0.25, 0.3) is 0 Å². The molecule has 3 unspecified atom stereocenters. The summed E-state index contributed by atoms with van der Waals surface area (Å²) in [6.07, 6.45) is 0. The minimum atomic E-state index is -0.279. The number of nitrogens with one attached hydrogen (secondary N) is 1. The van der Waals surface area contributed by atoms with Gasteiger partial charge in [-0.1, -0.05) is 48.5 Å². The molecule has 162 valence electrons. The molecule has 7 heteroatoms. The van der Waals surface area contributed by atoms with Crippen molar-refractivity contribution < 1.29 is 14.3 Å². The quantitative estimate of drug-likeness (QED) is 0.813. The number of benzene rings is 2. The summed E-state index contributed by atoms with van der Waals surface area (Å²) in [6, 6.07) is 19.7. The number of hydrogen-bond acceptors (Lipinski definition) is 5. The fraction of sp³-hybridized carbons (Fsp3) is 0.417. The van der Waals surface area contributed by atoms with E-state index in [0.29, 0.717) is 39.4 Å². The summed E-state index contributed by atoms with van der Waals surface area (Å²) in [4.78, 5) is 31.0. The molecule has 2 amide bonds. The highest BCUT2D eigenvalue weighted by Gasteiger charge is 2.51. The van der Waals surface area contributed by atoms with Gasteiger partial charge in [-0.15, -0.1) is 0 Å². The summed E-state index contributed by atoms with van der Waals surface area (Å²) in [5, 5.41) is 1.64. The van der Waals surface area contributed by atoms with E-state index in [1.165, 1.54) is 5.56 Å². The molecule has 3 fully saturated rings. The van der Waals surface area contributed by atoms with Crippen LogP contribution in [0.15, 0.2) is 60.7 Å². The van der Waals surface area contributed by atoms with Crippen LogP contribution in [0.5, 0.6) is 0 Å². The molecule has 0 bridgehead atoms. The third-order valence-corrected chi connectivity index (χ3v) is 6.50. The third-order valence-electron chi connectivity index (χ3n) is 6.50. The van der Waals surface area contributed by atoms with E-state index in [1.807, 2.05) is 53.4 Å². The molecule has 0 aromatic heterocycles. The molecular weight excluding hydrogens is 392 g/mol. The number of hydrogen-bond donors (Lipinski definition) is 1. The normalized spacial score (nSPS) is 26.7. The smallest absolute Gasteiger partial charge is 0.247 e. The van der Waals surface area contributed by atoms with Gasteiger partial charge in [0.25, 0.3) is 0 Å². The second kappa shape index (κ2) is 8.78. The highest BCUT2D eigenvalue weighted by atomic mass is 16.5. The topological polar surface area (TPSA) is 65.1 Å². The van der Waals surface area contributed by atoms with E-state index in [0.717, 1.165) is 12.2 Å². The van der Waals surface area contributed by atoms with Gasteiger partial charge in [-0.2, -0.15) is 0 Å². The molecule has 3 aliphatic rings. The summed E-state index contributed by atoms with van der Waals surface area (Å²) < 4.78 is 5.43. The van der Waals surface area contributed by atoms with Gasteiger partial charge in [0.15, 0.2) is 0 Å². The standard InChI is InChI=1S/C24H28N4O3/c29-23(27-11-13-31-14-12-27)20-16-26(15-18-7-3-1-4-8-18)17-21-22(20)25-28(24(21)30)19-9-5-2-6-10-19/h1-10,20-22,25H,11-17H2. The summed E-state index contributed by atoms with van der Waals surface area (Å²) in [5.74, 6) is -0.383. The van der Waals surface area contributed by atoms with Gasteiger partial charge >= 0.3 is 0 Å². The lowest BCUT2D eigenvalue weighted by Gasteiger charge is -2.41. The summed E-state index contributed by atoms with van der Waals surface area (Å²) in [7, 11) is 0. The van der Waals surface area contributed by atoms with Crippen LogP contribution in [-0.4, -0.2) is 67.0 Å². The van der Waals surface area contributed by atoms with Crippen molar-refractivity contribution in [2.45, 2.75) is 12.6 Å². The Bertz CT molecular complexity index is 917. The number of morpholine rings is 1. The molecule has 5 rings (SSSR count). The number of ether oxygens (including phenoxy) is 1. The Morgan fingerprint density at radius 1 is 0.968 bits per heavy atom. The molecule has 3 heterocycles. The Kier molecular flexibility index (Phi) is 5.72. The summed E-state index contributed by atoms with van der Waals surface area (Å²) in [6.45, 7) is 4.38. The number of carbonyl (C=O) groups is 2. The molecule has 7 nitrogen and oxygen atoms in total. The van der Waals surface area contributed by atoms with Gasteiger partial charge < -0.3 is 9.64 Å². The van der Waals surface area contributed by atoms with Gasteiger partial charge in [-0.25, -0.2) is 10.4 Å². The average molecular weight is 421 g/mol. The van der Waals surface area contributed by atoms with Crippen molar-refractivity contribution in [1.82, 2.24) is 15.2 Å². The number of hydrazine groups is 1. The number of para-hydroxylation sites is 1. The zero-order valence-corrected chi connectivity index (χ0v) is 17.5. The average Bonchev–Trinajstić information content (AvgIpc) is 3.16. The lowest BCUT2D eigenvalue weighted by atomic mass is 9.83. The molecule has 31 heavy (non-hydrogen) atoms. The van der Waals surface area contributed by atoms with Crippen LogP contribution in [0.1, 0.15) is 5.56 Å². The SMILES string of the molecule is O=C(C1CN(Cc2ccccc2)CC2C(=O)N(c3ccccc3)NC12)N1CCOCC1. The Morgan fingerprint density at radius 2 is 1.65 bits per heavy atom. The van der Waals surface area contributed by atoms with Crippen LogP contribution in [0.2, 0.25) is 0 Å². The maximum atomic E-state index is 13.5. The van der Waals surface area contributed by atoms with Crippen LogP contribution in [-0.2, 0) is 20.9 Å². The minimum Gasteiger partial charge on any atom is -0.378 e. The second-order valence-electron chi connectivity index (χ2n) is 8.49. The van der Waals surface area contributed by atoms with Crippen molar-refractivity contribution in [1.29, 1.82) is 0 Å². The first-order chi connectivity index (χ1) is 15.2. The van der Waals surface area contributed by atoms with E-state index < -0.39 is 0 Å². The Balaban J connectivity index is 1.41. The first-order valence-electron chi connectivity index (χ1n) is 11.0. The van der Waals surface area contributed by atoms with Gasteiger partial charge in [0.2, 0.25) is 11.8 Å². The largest absolute Gasteiger partial charge is 0.378 e. The van der Waals surface area contributed by atoms with Crippen LogP contribution < -0.4 is 10.4 Å². The first-order valence-corrected chi connectivity index (χ1v) is 11.0. The fourth-order valence-electron chi connectivity index (χ4n) is 4.93. The number of piperidine rings is 1. The van der Waals surface area contributed by atoms with Crippen molar-refractivity contribution in [3.63, 3.8) is 0 Å². The van der Waals surface area contributed by atoms with Crippen LogP contribution in [0, 0.1) is 11.8 Å². The molecule has 1 N–H and O–H groups in total. The second-order valence-corrected chi connectivity index (χ2v) is 8.49. The molecule has 2 aromatic carbocycles. The van der Waals surface area contributed by atoms with E-state index in [4.69, 9.17) is 4.74 Å². The number of nitrogens with zero attached hydrogens (tertiary/aromatic N) is 3. The first kappa shape index (κ1) is 20.2. The monoisotopic (exact) mass is 420 g/mol. The molecule has 0 spiro atoms. The van der Waals surface area contributed by atoms with Crippen LogP contribution in [0.3, 0.4) is 0 Å². The predicted octanol–water partition coefficient (Wildman–Crippen LogP) is 1.51. The Morgan fingerprint density at radius 3 is 2.35 bits per heavy atom. The van der Waals surface area contributed by atoms with E-state index in [2.05, 4.69) is 22.5 Å². The zero-order chi connectivity index (χ0) is 21.2. The van der Waals surface area contributed by atoms with E-state index in [-0.39, 0.29) is 29.7 Å². The lowest BCUT2D eigenvalue weighted by Crippen LogP contribution is -2.58. The maximum absolute atomic E-state index is 13.5. The number of carbonyl (C=O) groups excluding carboxylic acids is 2. The molecule has 3 atom stereocenters. The number of fused-ring (bicyclic) bond motifs is 1. The number of likely N-dealkylation sites (tertiary alicyclic amines) is 1. The van der Waals surface area contributed by atoms with Gasteiger partial charge in [-0.3, -0.25) is 14.5 Å². The highest BCUT2D eigenvalue weighted by molar-refractivity contribution is 5.98. The van der Waals surface area contributed by atoms with Crippen LogP contribution in [0.4, 0.5) is 5.69 Å². The fourth-order valence-corrected chi connectivity index (χ4v) is 4.93. The van der Waals surface area contributed by atoms with Crippen molar-refractivity contribution in [2.24, 2.45) is 11.8 Å². The predicted molar refractivity (Wildman–Crippen MR) is 117 cm³/mol. The van der Waals surface area contributed by atoms with E-state index in [9.17, 15) is 9.59 Å². The molecular formula is C24H28N4O3. The Hall–Kier alpha value is -2.74. The number of rotatable bonds is 4. The molecule has 2 aromatic rings. The minimum absolute atomic E-state index is 0.0359. The van der Waals surface area contributed by atoms with Crippen LogP contribution >= 0.6 is 0 Å². The van der Waals surface area contributed by atoms with Crippen molar-refractivity contribution in [3.8, 4) is 0 Å².